The second kappa shape index (κ2) is 12.6. The van der Waals surface area contributed by atoms with Crippen molar-refractivity contribution in [2.24, 2.45) is 5.92 Å². The highest BCUT2D eigenvalue weighted by molar-refractivity contribution is 5.73. The summed E-state index contributed by atoms with van der Waals surface area (Å²) in [6, 6.07) is 18.0. The zero-order valence-corrected chi connectivity index (χ0v) is 24.1. The molecule has 0 aliphatic carbocycles. The molecule has 10 nitrogen and oxygen atoms in total. The number of likely N-dealkylation sites (N-methyl/N-ethyl adjacent to an activating group) is 1. The number of aryl methyl sites for hydroxylation is 1. The number of hydrogen-bond acceptors (Lipinski definition) is 10. The van der Waals surface area contributed by atoms with Crippen LogP contribution in [-0.4, -0.2) is 75.1 Å². The summed E-state index contributed by atoms with van der Waals surface area (Å²) < 4.78 is 5.78. The van der Waals surface area contributed by atoms with Crippen molar-refractivity contribution in [2.45, 2.75) is 38.7 Å². The summed E-state index contributed by atoms with van der Waals surface area (Å²) in [5.74, 6) is 2.55. The van der Waals surface area contributed by atoms with Gasteiger partial charge in [0.05, 0.1) is 5.92 Å². The normalized spacial score (nSPS) is 17.8. The van der Waals surface area contributed by atoms with Gasteiger partial charge in [0.25, 0.3) is 0 Å². The third-order valence-corrected chi connectivity index (χ3v) is 7.86. The smallest absolute Gasteiger partial charge is 0.309 e. The van der Waals surface area contributed by atoms with Crippen LogP contribution in [0.1, 0.15) is 36.3 Å². The Hall–Kier alpha value is -4.44. The average molecular weight is 565 g/mol. The van der Waals surface area contributed by atoms with Gasteiger partial charge in [0, 0.05) is 56.4 Å². The van der Waals surface area contributed by atoms with E-state index in [4.69, 9.17) is 9.72 Å². The number of rotatable bonds is 8. The predicted molar refractivity (Wildman–Crippen MR) is 161 cm³/mol. The van der Waals surface area contributed by atoms with Crippen LogP contribution in [0.4, 0.5) is 17.3 Å². The number of piperidine rings is 1. The van der Waals surface area contributed by atoms with E-state index in [0.717, 1.165) is 68.2 Å². The van der Waals surface area contributed by atoms with Crippen molar-refractivity contribution in [3.63, 3.8) is 0 Å². The Balaban J connectivity index is 1.03. The molecule has 42 heavy (non-hydrogen) atoms. The number of nitrogens with one attached hydrogen (secondary N) is 1. The lowest BCUT2D eigenvalue weighted by molar-refractivity contribution is -0.154. The van der Waals surface area contributed by atoms with Crippen molar-refractivity contribution >= 4 is 23.3 Å². The first-order valence-corrected chi connectivity index (χ1v) is 14.6. The summed E-state index contributed by atoms with van der Waals surface area (Å²) in [7, 11) is 2.07. The maximum absolute atomic E-state index is 12.6. The van der Waals surface area contributed by atoms with Gasteiger partial charge in [-0.15, -0.1) is 0 Å². The van der Waals surface area contributed by atoms with Gasteiger partial charge in [-0.2, -0.15) is 0 Å². The molecule has 2 fully saturated rings. The van der Waals surface area contributed by atoms with Crippen molar-refractivity contribution in [1.82, 2.24) is 29.8 Å². The number of carbonyl (C=O) groups is 1. The molecule has 4 aromatic rings. The van der Waals surface area contributed by atoms with Gasteiger partial charge in [-0.25, -0.2) is 24.9 Å². The molecule has 3 aromatic heterocycles. The molecule has 5 heterocycles. The van der Waals surface area contributed by atoms with E-state index >= 15 is 0 Å². The first-order chi connectivity index (χ1) is 20.5. The number of anilines is 3. The standard InChI is InChI=1S/C32H36N8O2/c1-22-4-3-5-27(35-22)31-34-16-11-29(38-31)36-28-10-15-33-30(37-28)20-23-6-8-25(9-7-23)40-18-12-24(13-19-40)32(41)42-26-14-17-39(2)21-26/h3-11,15-16,24,26H,12-14,17-21H2,1-2H3,(H,33,34,36,37,38). The number of ether oxygens (including phenoxy) is 1. The third-order valence-electron chi connectivity index (χ3n) is 7.86. The highest BCUT2D eigenvalue weighted by Crippen LogP contribution is 2.26. The summed E-state index contributed by atoms with van der Waals surface area (Å²) in [5.41, 5.74) is 3.94. The number of carbonyl (C=O) groups excluding carboxylic acids is 1. The summed E-state index contributed by atoms with van der Waals surface area (Å²) in [6.45, 7) is 5.49. The number of benzene rings is 1. The van der Waals surface area contributed by atoms with Crippen LogP contribution in [0.3, 0.4) is 0 Å². The van der Waals surface area contributed by atoms with Crippen LogP contribution in [0.15, 0.2) is 67.0 Å². The van der Waals surface area contributed by atoms with Crippen molar-refractivity contribution in [2.75, 3.05) is 43.4 Å². The fraction of sp³-hybridized carbons (Fsp3) is 0.375. The van der Waals surface area contributed by atoms with Crippen molar-refractivity contribution < 1.29 is 9.53 Å². The molecule has 1 atom stereocenters. The molecule has 0 bridgehead atoms. The van der Waals surface area contributed by atoms with E-state index in [2.05, 4.69) is 66.4 Å². The Labute approximate surface area is 246 Å². The molecule has 1 unspecified atom stereocenters. The molecule has 10 heteroatoms. The van der Waals surface area contributed by atoms with Crippen LogP contribution in [0.25, 0.3) is 11.5 Å². The van der Waals surface area contributed by atoms with Gasteiger partial charge in [0.15, 0.2) is 5.82 Å². The Morgan fingerprint density at radius 1 is 0.905 bits per heavy atom. The minimum absolute atomic E-state index is 0.00222. The number of nitrogens with zero attached hydrogens (tertiary/aromatic N) is 7. The second-order valence-corrected chi connectivity index (χ2v) is 11.1. The van der Waals surface area contributed by atoms with E-state index in [0.29, 0.717) is 23.9 Å². The fourth-order valence-corrected chi connectivity index (χ4v) is 5.54. The number of esters is 1. The van der Waals surface area contributed by atoms with Crippen LogP contribution in [-0.2, 0) is 16.0 Å². The molecule has 1 aromatic carbocycles. The highest BCUT2D eigenvalue weighted by atomic mass is 16.5. The molecule has 0 spiro atoms. The fourth-order valence-electron chi connectivity index (χ4n) is 5.54. The number of likely N-dealkylation sites (tertiary alicyclic amines) is 1. The number of aromatic nitrogens is 5. The molecular weight excluding hydrogens is 528 g/mol. The lowest BCUT2D eigenvalue weighted by atomic mass is 9.96. The SMILES string of the molecule is Cc1cccc(-c2nccc(Nc3ccnc(Cc4ccc(N5CCC(C(=O)OC6CCN(C)C6)CC5)cc4)n3)n2)n1. The van der Waals surface area contributed by atoms with Gasteiger partial charge in [0.1, 0.15) is 29.3 Å². The minimum Gasteiger partial charge on any atom is -0.461 e. The van der Waals surface area contributed by atoms with E-state index in [1.165, 1.54) is 5.69 Å². The van der Waals surface area contributed by atoms with Gasteiger partial charge in [0.2, 0.25) is 0 Å². The lowest BCUT2D eigenvalue weighted by Crippen LogP contribution is -2.38. The van der Waals surface area contributed by atoms with Crippen molar-refractivity contribution in [3.8, 4) is 11.5 Å². The molecule has 2 aliphatic heterocycles. The largest absolute Gasteiger partial charge is 0.461 e. The summed E-state index contributed by atoms with van der Waals surface area (Å²) >= 11 is 0. The van der Waals surface area contributed by atoms with Gasteiger partial charge in [-0.05, 0) is 75.2 Å². The van der Waals surface area contributed by atoms with Gasteiger partial charge in [-0.1, -0.05) is 18.2 Å². The van der Waals surface area contributed by atoms with E-state index in [9.17, 15) is 4.79 Å². The van der Waals surface area contributed by atoms with Crippen molar-refractivity contribution in [1.29, 1.82) is 0 Å². The molecule has 1 N–H and O–H groups in total. The van der Waals surface area contributed by atoms with E-state index in [1.54, 1.807) is 18.5 Å². The third kappa shape index (κ3) is 6.88. The second-order valence-electron chi connectivity index (χ2n) is 11.1. The van der Waals surface area contributed by atoms with Gasteiger partial charge >= 0.3 is 5.97 Å². The Morgan fingerprint density at radius 2 is 1.67 bits per heavy atom. The molecule has 2 aliphatic rings. The Kier molecular flexibility index (Phi) is 8.32. The summed E-state index contributed by atoms with van der Waals surface area (Å²) in [6.07, 6.45) is 6.72. The molecule has 6 rings (SSSR count). The maximum Gasteiger partial charge on any atom is 0.309 e. The van der Waals surface area contributed by atoms with Gasteiger partial charge < -0.3 is 19.9 Å². The lowest BCUT2D eigenvalue weighted by Gasteiger charge is -2.33. The van der Waals surface area contributed by atoms with Crippen LogP contribution in [0.5, 0.6) is 0 Å². The Morgan fingerprint density at radius 3 is 2.40 bits per heavy atom. The monoisotopic (exact) mass is 564 g/mol. The van der Waals surface area contributed by atoms with Crippen LogP contribution < -0.4 is 10.2 Å². The molecular formula is C32H36N8O2. The molecule has 0 saturated carbocycles. The number of hydrogen-bond donors (Lipinski definition) is 1. The number of pyridine rings is 1. The van der Waals surface area contributed by atoms with E-state index < -0.39 is 0 Å². The van der Waals surface area contributed by atoms with Crippen LogP contribution in [0, 0.1) is 12.8 Å². The molecule has 0 amide bonds. The molecule has 2 saturated heterocycles. The first-order valence-electron chi connectivity index (χ1n) is 14.6. The maximum atomic E-state index is 12.6. The molecule has 0 radical (unpaired) electrons. The van der Waals surface area contributed by atoms with Crippen LogP contribution in [0.2, 0.25) is 0 Å². The van der Waals surface area contributed by atoms with Crippen molar-refractivity contribution in [3.05, 3.63) is 84.1 Å². The van der Waals surface area contributed by atoms with Crippen LogP contribution >= 0.6 is 0 Å². The molecule has 216 valence electrons. The zero-order valence-electron chi connectivity index (χ0n) is 24.1. The minimum atomic E-state index is -0.0227. The zero-order chi connectivity index (χ0) is 28.9. The highest BCUT2D eigenvalue weighted by Gasteiger charge is 2.30. The Bertz CT molecular complexity index is 1520. The first kappa shape index (κ1) is 27.7. The quantitative estimate of drug-likeness (QED) is 0.309. The summed E-state index contributed by atoms with van der Waals surface area (Å²) in [4.78, 5) is 39.9. The van der Waals surface area contributed by atoms with E-state index in [-0.39, 0.29) is 18.0 Å². The average Bonchev–Trinajstić information content (AvgIpc) is 3.42. The summed E-state index contributed by atoms with van der Waals surface area (Å²) in [5, 5.41) is 3.27. The van der Waals surface area contributed by atoms with E-state index in [1.807, 2.05) is 31.2 Å². The topological polar surface area (TPSA) is 109 Å². The predicted octanol–water partition coefficient (Wildman–Crippen LogP) is 4.44. The van der Waals surface area contributed by atoms with Gasteiger partial charge in [-0.3, -0.25) is 4.79 Å².